The summed E-state index contributed by atoms with van der Waals surface area (Å²) in [6.07, 6.45) is 2.22. The Bertz CT molecular complexity index is 2460. The monoisotopic (exact) mass is 632 g/mol. The standard InChI is InChI=1S/C46H36N2O/c1-2-12-33-23-25-35(26-24-33)37-16-11-18-41(32-37)47(40-17-10-15-36(31-40)34-13-4-3-5-14-34)38-27-29-39(30-28-38)48-45-22-9-8-20-43(45)42-19-6-7-21-44(42)46(48)49/h3-11,13-32H,2,12H2,1H3. The molecule has 0 radical (unpaired) electrons. The molecule has 1 heterocycles. The molecule has 8 aromatic rings. The Morgan fingerprint density at radius 1 is 0.469 bits per heavy atom. The van der Waals surface area contributed by atoms with Crippen LogP contribution in [0.4, 0.5) is 17.1 Å². The second-order valence-corrected chi connectivity index (χ2v) is 12.5. The van der Waals surface area contributed by atoms with Gasteiger partial charge in [0.1, 0.15) is 0 Å². The smallest absolute Gasteiger partial charge is 0.263 e. The van der Waals surface area contributed by atoms with Gasteiger partial charge < -0.3 is 4.90 Å². The third kappa shape index (κ3) is 5.81. The fourth-order valence-electron chi connectivity index (χ4n) is 6.92. The number of hydrogen-bond donors (Lipinski definition) is 0. The van der Waals surface area contributed by atoms with Gasteiger partial charge in [-0.25, -0.2) is 0 Å². The molecule has 0 fully saturated rings. The van der Waals surface area contributed by atoms with Crippen molar-refractivity contribution in [1.29, 1.82) is 0 Å². The summed E-state index contributed by atoms with van der Waals surface area (Å²) in [5.74, 6) is 0. The molecule has 0 atom stereocenters. The normalized spacial score (nSPS) is 11.2. The van der Waals surface area contributed by atoms with Crippen molar-refractivity contribution < 1.29 is 0 Å². The lowest BCUT2D eigenvalue weighted by molar-refractivity contribution is 0.922. The molecule has 8 rings (SSSR count). The van der Waals surface area contributed by atoms with E-state index < -0.39 is 0 Å². The topological polar surface area (TPSA) is 25.2 Å². The Morgan fingerprint density at radius 2 is 1.02 bits per heavy atom. The molecule has 1 aromatic heterocycles. The molecular formula is C46H36N2O. The summed E-state index contributed by atoms with van der Waals surface area (Å²) in [5.41, 5.74) is 10.8. The number of aryl methyl sites for hydroxylation is 1. The minimum Gasteiger partial charge on any atom is -0.310 e. The molecule has 0 aliphatic heterocycles. The first-order chi connectivity index (χ1) is 24.2. The number of hydrogen-bond acceptors (Lipinski definition) is 2. The highest BCUT2D eigenvalue weighted by Gasteiger charge is 2.17. The molecular weight excluding hydrogens is 597 g/mol. The summed E-state index contributed by atoms with van der Waals surface area (Å²) in [4.78, 5) is 16.3. The highest BCUT2D eigenvalue weighted by Crippen LogP contribution is 2.39. The van der Waals surface area contributed by atoms with Crippen molar-refractivity contribution in [2.45, 2.75) is 19.8 Å². The van der Waals surface area contributed by atoms with E-state index in [-0.39, 0.29) is 5.56 Å². The van der Waals surface area contributed by atoms with Gasteiger partial charge in [0.15, 0.2) is 0 Å². The zero-order chi connectivity index (χ0) is 33.2. The molecule has 236 valence electrons. The van der Waals surface area contributed by atoms with E-state index in [2.05, 4.69) is 139 Å². The molecule has 0 spiro atoms. The number of aromatic nitrogens is 1. The van der Waals surface area contributed by atoms with Gasteiger partial charge in [-0.1, -0.05) is 129 Å². The van der Waals surface area contributed by atoms with Crippen LogP contribution in [-0.2, 0) is 6.42 Å². The lowest BCUT2D eigenvalue weighted by atomic mass is 10.0. The van der Waals surface area contributed by atoms with Crippen LogP contribution in [0.25, 0.3) is 49.6 Å². The van der Waals surface area contributed by atoms with Crippen LogP contribution < -0.4 is 10.5 Å². The Kier molecular flexibility index (Phi) is 8.09. The van der Waals surface area contributed by atoms with E-state index >= 15 is 0 Å². The minimum atomic E-state index is -0.0212. The van der Waals surface area contributed by atoms with Gasteiger partial charge in [-0.05, 0) is 100 Å². The molecule has 0 N–H and O–H groups in total. The molecule has 49 heavy (non-hydrogen) atoms. The van der Waals surface area contributed by atoms with Crippen LogP contribution in [0.1, 0.15) is 18.9 Å². The summed E-state index contributed by atoms with van der Waals surface area (Å²) >= 11 is 0. The predicted octanol–water partition coefficient (Wildman–Crippen LogP) is 11.9. The number of benzene rings is 7. The first-order valence-corrected chi connectivity index (χ1v) is 17.0. The number of pyridine rings is 1. The molecule has 0 unspecified atom stereocenters. The molecule has 3 heteroatoms. The second-order valence-electron chi connectivity index (χ2n) is 12.5. The van der Waals surface area contributed by atoms with Crippen LogP contribution in [0, 0.1) is 0 Å². The van der Waals surface area contributed by atoms with Gasteiger partial charge >= 0.3 is 0 Å². The summed E-state index contributed by atoms with van der Waals surface area (Å²) < 4.78 is 1.84. The lowest BCUT2D eigenvalue weighted by Crippen LogP contribution is -2.19. The third-order valence-corrected chi connectivity index (χ3v) is 9.30. The summed E-state index contributed by atoms with van der Waals surface area (Å²) in [6.45, 7) is 2.22. The van der Waals surface area contributed by atoms with Gasteiger partial charge in [0.2, 0.25) is 0 Å². The zero-order valence-corrected chi connectivity index (χ0v) is 27.5. The Morgan fingerprint density at radius 3 is 1.67 bits per heavy atom. The fourth-order valence-corrected chi connectivity index (χ4v) is 6.92. The maximum Gasteiger partial charge on any atom is 0.263 e. The lowest BCUT2D eigenvalue weighted by Gasteiger charge is -2.27. The average molecular weight is 633 g/mol. The Labute approximate surface area is 287 Å². The van der Waals surface area contributed by atoms with Crippen LogP contribution in [-0.4, -0.2) is 4.57 Å². The van der Waals surface area contributed by atoms with Crippen molar-refractivity contribution in [2.24, 2.45) is 0 Å². The fraction of sp³-hybridized carbons (Fsp3) is 0.0652. The Hall–Kier alpha value is -6.19. The minimum absolute atomic E-state index is 0.0212. The largest absolute Gasteiger partial charge is 0.310 e. The van der Waals surface area contributed by atoms with Gasteiger partial charge in [0.25, 0.3) is 5.56 Å². The number of rotatable bonds is 8. The molecule has 0 bridgehead atoms. The van der Waals surface area contributed by atoms with Crippen LogP contribution in [0.5, 0.6) is 0 Å². The first-order valence-electron chi connectivity index (χ1n) is 17.0. The predicted molar refractivity (Wildman–Crippen MR) is 207 cm³/mol. The molecule has 0 saturated heterocycles. The van der Waals surface area contributed by atoms with E-state index in [0.29, 0.717) is 5.39 Å². The van der Waals surface area contributed by atoms with Crippen molar-refractivity contribution >= 4 is 38.7 Å². The van der Waals surface area contributed by atoms with Gasteiger partial charge in [0.05, 0.1) is 5.52 Å². The highest BCUT2D eigenvalue weighted by molar-refractivity contribution is 6.06. The maximum atomic E-state index is 14.0. The van der Waals surface area contributed by atoms with E-state index in [0.717, 1.165) is 63.0 Å². The number of nitrogens with zero attached hydrogens (tertiary/aromatic N) is 2. The Balaban J connectivity index is 1.26. The van der Waals surface area contributed by atoms with Gasteiger partial charge in [-0.15, -0.1) is 0 Å². The van der Waals surface area contributed by atoms with E-state index in [1.54, 1.807) is 0 Å². The molecule has 7 aromatic carbocycles. The van der Waals surface area contributed by atoms with E-state index in [9.17, 15) is 4.79 Å². The van der Waals surface area contributed by atoms with Crippen molar-refractivity contribution in [3.8, 4) is 27.9 Å². The summed E-state index contributed by atoms with van der Waals surface area (Å²) in [5, 5.41) is 2.74. The molecule has 0 aliphatic rings. The van der Waals surface area contributed by atoms with Crippen molar-refractivity contribution in [3.05, 3.63) is 192 Å². The average Bonchev–Trinajstić information content (AvgIpc) is 3.17. The number of para-hydroxylation sites is 1. The van der Waals surface area contributed by atoms with Gasteiger partial charge in [-0.3, -0.25) is 9.36 Å². The quantitative estimate of drug-likeness (QED) is 0.156. The summed E-state index contributed by atoms with van der Waals surface area (Å²) in [7, 11) is 0. The highest BCUT2D eigenvalue weighted by atomic mass is 16.1. The van der Waals surface area contributed by atoms with Crippen LogP contribution in [0.3, 0.4) is 0 Å². The van der Waals surface area contributed by atoms with Crippen LogP contribution in [0.2, 0.25) is 0 Å². The molecule has 0 aliphatic carbocycles. The van der Waals surface area contributed by atoms with Gasteiger partial charge in [-0.2, -0.15) is 0 Å². The van der Waals surface area contributed by atoms with E-state index in [4.69, 9.17) is 0 Å². The first kappa shape index (κ1) is 30.2. The van der Waals surface area contributed by atoms with Crippen LogP contribution in [0.15, 0.2) is 181 Å². The van der Waals surface area contributed by atoms with Crippen molar-refractivity contribution in [3.63, 3.8) is 0 Å². The molecule has 0 amide bonds. The second kappa shape index (κ2) is 13.1. The number of fused-ring (bicyclic) bond motifs is 3. The van der Waals surface area contributed by atoms with E-state index in [1.807, 2.05) is 53.1 Å². The van der Waals surface area contributed by atoms with Gasteiger partial charge in [0, 0.05) is 33.5 Å². The van der Waals surface area contributed by atoms with E-state index in [1.165, 1.54) is 16.7 Å². The van der Waals surface area contributed by atoms with Crippen molar-refractivity contribution in [1.82, 2.24) is 4.57 Å². The SMILES string of the molecule is CCCc1ccc(-c2cccc(N(c3ccc(-n4c(=O)c5ccccc5c5ccccc54)cc3)c3cccc(-c4ccccc4)c3)c2)cc1. The molecule has 3 nitrogen and oxygen atoms in total. The maximum absolute atomic E-state index is 14.0. The summed E-state index contributed by atoms with van der Waals surface area (Å²) in [6, 6.07) is 61.2. The zero-order valence-electron chi connectivity index (χ0n) is 27.5. The third-order valence-electron chi connectivity index (χ3n) is 9.30. The van der Waals surface area contributed by atoms with Crippen LogP contribution >= 0.6 is 0 Å². The van der Waals surface area contributed by atoms with Crippen molar-refractivity contribution in [2.75, 3.05) is 4.90 Å². The molecule has 0 saturated carbocycles. The number of anilines is 3.